The van der Waals surface area contributed by atoms with E-state index >= 15 is 0 Å². The lowest BCUT2D eigenvalue weighted by molar-refractivity contribution is 0.565. The molecule has 0 aliphatic rings. The average molecular weight is 372 g/mol. The van der Waals surface area contributed by atoms with Gasteiger partial charge in [0.2, 0.25) is 20.0 Å². The number of nitrogens with one attached hydrogen (secondary N) is 1. The van der Waals surface area contributed by atoms with Crippen LogP contribution in [0.15, 0.2) is 53.4 Å². The van der Waals surface area contributed by atoms with Crippen LogP contribution in [0.1, 0.15) is 24.1 Å². The Morgan fingerprint density at radius 2 is 1.71 bits per heavy atom. The van der Waals surface area contributed by atoms with Crippen molar-refractivity contribution in [1.29, 1.82) is 0 Å². The smallest absolute Gasteiger partial charge is 0.225 e. The van der Waals surface area contributed by atoms with Gasteiger partial charge >= 0.3 is 0 Å². The van der Waals surface area contributed by atoms with Crippen molar-refractivity contribution < 1.29 is 21.2 Å². The first-order valence-electron chi connectivity index (χ1n) is 6.94. The van der Waals surface area contributed by atoms with Crippen LogP contribution < -0.4 is 9.86 Å². The van der Waals surface area contributed by atoms with Crippen molar-refractivity contribution in [3.05, 3.63) is 65.5 Å². The van der Waals surface area contributed by atoms with E-state index in [1.165, 1.54) is 42.5 Å². The first-order chi connectivity index (χ1) is 11.1. The molecule has 0 aromatic heterocycles. The van der Waals surface area contributed by atoms with E-state index in [-0.39, 0.29) is 10.6 Å². The Morgan fingerprint density at radius 3 is 2.29 bits per heavy atom. The predicted octanol–water partition coefficient (Wildman–Crippen LogP) is 1.65. The number of benzene rings is 2. The Kier molecular flexibility index (Phi) is 5.38. The Morgan fingerprint density at radius 1 is 1.08 bits per heavy atom. The highest BCUT2D eigenvalue weighted by atomic mass is 32.2. The number of hydrogen-bond donors (Lipinski definition) is 2. The second-order valence-corrected chi connectivity index (χ2v) is 8.66. The molecule has 6 nitrogen and oxygen atoms in total. The van der Waals surface area contributed by atoms with E-state index in [1.807, 2.05) is 0 Å². The summed E-state index contributed by atoms with van der Waals surface area (Å²) >= 11 is 0. The molecule has 0 heterocycles. The third-order valence-corrected chi connectivity index (χ3v) is 5.65. The highest BCUT2D eigenvalue weighted by Gasteiger charge is 2.18. The minimum Gasteiger partial charge on any atom is -0.225 e. The van der Waals surface area contributed by atoms with E-state index in [9.17, 15) is 21.2 Å². The van der Waals surface area contributed by atoms with Crippen LogP contribution in [0.25, 0.3) is 0 Å². The molecule has 1 unspecified atom stereocenters. The SMILES string of the molecule is CC(NS(=O)(=O)Cc1ccc(F)cc1)c1cccc(S(N)(=O)=O)c1. The molecule has 0 spiro atoms. The van der Waals surface area contributed by atoms with Gasteiger partial charge in [-0.05, 0) is 42.3 Å². The molecule has 2 aromatic rings. The van der Waals surface area contributed by atoms with Gasteiger partial charge in [0.25, 0.3) is 0 Å². The summed E-state index contributed by atoms with van der Waals surface area (Å²) in [6.45, 7) is 1.59. The minimum atomic E-state index is -3.87. The first kappa shape index (κ1) is 18.5. The predicted molar refractivity (Wildman–Crippen MR) is 88.4 cm³/mol. The molecule has 2 aromatic carbocycles. The maximum absolute atomic E-state index is 12.9. The second kappa shape index (κ2) is 6.98. The summed E-state index contributed by atoms with van der Waals surface area (Å²) in [7, 11) is -7.56. The number of nitrogens with two attached hydrogens (primary N) is 1. The van der Waals surface area contributed by atoms with Crippen LogP contribution in [0, 0.1) is 5.82 Å². The normalized spacial score (nSPS) is 13.6. The summed E-state index contributed by atoms with van der Waals surface area (Å²) in [5.41, 5.74) is 0.901. The Balaban J connectivity index is 2.16. The molecule has 0 radical (unpaired) electrons. The van der Waals surface area contributed by atoms with Crippen LogP contribution >= 0.6 is 0 Å². The molecule has 0 bridgehead atoms. The van der Waals surface area contributed by atoms with Crippen LogP contribution in [0.3, 0.4) is 0 Å². The molecule has 0 aliphatic heterocycles. The number of sulfonamides is 2. The molecule has 0 aliphatic carbocycles. The molecule has 9 heteroatoms. The fourth-order valence-electron chi connectivity index (χ4n) is 2.14. The molecular formula is C15H17FN2O4S2. The van der Waals surface area contributed by atoms with E-state index in [2.05, 4.69) is 4.72 Å². The van der Waals surface area contributed by atoms with Crippen molar-refractivity contribution in [1.82, 2.24) is 4.72 Å². The van der Waals surface area contributed by atoms with Crippen molar-refractivity contribution >= 4 is 20.0 Å². The van der Waals surface area contributed by atoms with E-state index in [0.29, 0.717) is 11.1 Å². The van der Waals surface area contributed by atoms with Gasteiger partial charge in [0.05, 0.1) is 10.6 Å². The number of hydrogen-bond acceptors (Lipinski definition) is 4. The van der Waals surface area contributed by atoms with Crippen LogP contribution in [-0.2, 0) is 25.8 Å². The van der Waals surface area contributed by atoms with Gasteiger partial charge in [-0.3, -0.25) is 0 Å². The third kappa shape index (κ3) is 5.10. The summed E-state index contributed by atoms with van der Waals surface area (Å²) in [5.74, 6) is -0.760. The third-order valence-electron chi connectivity index (χ3n) is 3.31. The molecule has 130 valence electrons. The van der Waals surface area contributed by atoms with Gasteiger partial charge in [0.1, 0.15) is 5.82 Å². The van der Waals surface area contributed by atoms with Crippen LogP contribution in [0.4, 0.5) is 4.39 Å². The lowest BCUT2D eigenvalue weighted by Gasteiger charge is -2.15. The fraction of sp³-hybridized carbons (Fsp3) is 0.200. The van der Waals surface area contributed by atoms with Crippen molar-refractivity contribution in [3.63, 3.8) is 0 Å². The van der Waals surface area contributed by atoms with Gasteiger partial charge < -0.3 is 0 Å². The fourth-order valence-corrected chi connectivity index (χ4v) is 4.10. The van der Waals surface area contributed by atoms with Gasteiger partial charge in [0, 0.05) is 6.04 Å². The number of halogens is 1. The molecule has 0 amide bonds. The lowest BCUT2D eigenvalue weighted by Crippen LogP contribution is -2.28. The summed E-state index contributed by atoms with van der Waals surface area (Å²) in [5, 5.41) is 5.07. The van der Waals surface area contributed by atoms with E-state index in [1.54, 1.807) is 13.0 Å². The van der Waals surface area contributed by atoms with Crippen LogP contribution in [0.2, 0.25) is 0 Å². The molecule has 24 heavy (non-hydrogen) atoms. The Labute approximate surface area is 140 Å². The highest BCUT2D eigenvalue weighted by molar-refractivity contribution is 7.89. The van der Waals surface area contributed by atoms with Crippen molar-refractivity contribution in [3.8, 4) is 0 Å². The summed E-state index contributed by atoms with van der Waals surface area (Å²) < 4.78 is 62.5. The van der Waals surface area contributed by atoms with Crippen molar-refractivity contribution in [2.75, 3.05) is 0 Å². The maximum Gasteiger partial charge on any atom is 0.238 e. The second-order valence-electron chi connectivity index (χ2n) is 5.34. The Bertz CT molecular complexity index is 926. The van der Waals surface area contributed by atoms with E-state index in [0.717, 1.165) is 0 Å². The Hall–Kier alpha value is -1.81. The van der Waals surface area contributed by atoms with Gasteiger partial charge in [-0.25, -0.2) is 31.1 Å². The quantitative estimate of drug-likeness (QED) is 0.804. The van der Waals surface area contributed by atoms with Crippen LogP contribution in [-0.4, -0.2) is 16.8 Å². The average Bonchev–Trinajstić information content (AvgIpc) is 2.48. The molecule has 3 N–H and O–H groups in total. The zero-order chi connectivity index (χ0) is 18.0. The molecule has 0 saturated heterocycles. The van der Waals surface area contributed by atoms with Gasteiger partial charge in [-0.1, -0.05) is 24.3 Å². The number of rotatable bonds is 6. The molecule has 0 saturated carbocycles. The molecular weight excluding hydrogens is 355 g/mol. The minimum absolute atomic E-state index is 0.0930. The molecule has 0 fully saturated rings. The van der Waals surface area contributed by atoms with Gasteiger partial charge in [0.15, 0.2) is 0 Å². The topological polar surface area (TPSA) is 106 Å². The van der Waals surface area contributed by atoms with E-state index in [4.69, 9.17) is 5.14 Å². The van der Waals surface area contributed by atoms with Crippen molar-refractivity contribution in [2.45, 2.75) is 23.6 Å². The molecule has 2 rings (SSSR count). The van der Waals surface area contributed by atoms with Crippen molar-refractivity contribution in [2.24, 2.45) is 5.14 Å². The van der Waals surface area contributed by atoms with Gasteiger partial charge in [-0.2, -0.15) is 0 Å². The summed E-state index contributed by atoms with van der Waals surface area (Å²) in [6.07, 6.45) is 0. The molecule has 1 atom stereocenters. The lowest BCUT2D eigenvalue weighted by atomic mass is 10.1. The summed E-state index contributed by atoms with van der Waals surface area (Å²) in [4.78, 5) is -0.0930. The van der Waals surface area contributed by atoms with Gasteiger partial charge in [-0.15, -0.1) is 0 Å². The zero-order valence-electron chi connectivity index (χ0n) is 12.8. The largest absolute Gasteiger partial charge is 0.238 e. The monoisotopic (exact) mass is 372 g/mol. The first-order valence-corrected chi connectivity index (χ1v) is 10.1. The highest BCUT2D eigenvalue weighted by Crippen LogP contribution is 2.18. The summed E-state index contributed by atoms with van der Waals surface area (Å²) in [6, 6.07) is 10.2. The maximum atomic E-state index is 12.9. The van der Waals surface area contributed by atoms with E-state index < -0.39 is 31.9 Å². The standard InChI is InChI=1S/C15H17FN2O4S2/c1-11(13-3-2-4-15(9-13)24(17,21)22)18-23(19,20)10-12-5-7-14(16)8-6-12/h2-9,11,18H,10H2,1H3,(H2,17,21,22). The van der Waals surface area contributed by atoms with Crippen LogP contribution in [0.5, 0.6) is 0 Å². The number of primary sulfonamides is 1. The zero-order valence-corrected chi connectivity index (χ0v) is 14.4.